The Labute approximate surface area is 186 Å². The maximum atomic E-state index is 13.7. The first-order valence-corrected chi connectivity index (χ1v) is 10.2. The number of carbonyl (C=O) groups excluding carboxylic acids is 1. The second kappa shape index (κ2) is 9.56. The minimum absolute atomic E-state index is 0.0821. The number of hydrogen-bond acceptors (Lipinski definition) is 4. The number of nitrogens with one attached hydrogen (secondary N) is 1. The van der Waals surface area contributed by atoms with Crippen LogP contribution in [0.2, 0.25) is 4.34 Å². The van der Waals surface area contributed by atoms with Crippen LogP contribution in [0.5, 0.6) is 0 Å². The Bertz CT molecular complexity index is 1130. The number of halogens is 7. The average molecular weight is 498 g/mol. The van der Waals surface area contributed by atoms with Crippen LogP contribution in [-0.2, 0) is 6.54 Å². The molecule has 0 aliphatic carbocycles. The third-order valence-corrected chi connectivity index (χ3v) is 5.67. The van der Waals surface area contributed by atoms with Gasteiger partial charge in [-0.2, -0.15) is 13.2 Å². The van der Waals surface area contributed by atoms with Crippen molar-refractivity contribution in [1.82, 2.24) is 9.47 Å². The molecule has 2 aromatic rings. The summed E-state index contributed by atoms with van der Waals surface area (Å²) in [5, 5.41) is 2.30. The van der Waals surface area contributed by atoms with Crippen molar-refractivity contribution in [1.29, 1.82) is 0 Å². The summed E-state index contributed by atoms with van der Waals surface area (Å²) in [6.45, 7) is -1.70. The largest absolute Gasteiger partial charge is 0.401 e. The van der Waals surface area contributed by atoms with Crippen molar-refractivity contribution in [3.63, 3.8) is 0 Å². The Morgan fingerprint density at radius 3 is 2.62 bits per heavy atom. The van der Waals surface area contributed by atoms with Gasteiger partial charge >= 0.3 is 6.18 Å². The fraction of sp³-hybridized carbons (Fsp3) is 0.368. The van der Waals surface area contributed by atoms with E-state index in [-0.39, 0.29) is 33.9 Å². The summed E-state index contributed by atoms with van der Waals surface area (Å²) in [5.41, 5.74) is -1.15. The predicted octanol–water partition coefficient (Wildman–Crippen LogP) is 4.07. The molecule has 1 saturated heterocycles. The van der Waals surface area contributed by atoms with Crippen molar-refractivity contribution in [2.24, 2.45) is 5.92 Å². The van der Waals surface area contributed by atoms with Gasteiger partial charge in [0.1, 0.15) is 4.34 Å². The summed E-state index contributed by atoms with van der Waals surface area (Å²) in [7, 11) is 0. The molecule has 1 N–H and O–H groups in total. The van der Waals surface area contributed by atoms with Crippen molar-refractivity contribution in [3.05, 3.63) is 49.3 Å². The number of amides is 1. The van der Waals surface area contributed by atoms with Crippen molar-refractivity contribution in [2.45, 2.75) is 19.1 Å². The van der Waals surface area contributed by atoms with Crippen molar-refractivity contribution >= 4 is 34.5 Å². The van der Waals surface area contributed by atoms with Gasteiger partial charge in [0.05, 0.1) is 29.2 Å². The molecule has 0 radical (unpaired) electrons. The fourth-order valence-corrected chi connectivity index (χ4v) is 4.02. The van der Waals surface area contributed by atoms with Crippen LogP contribution in [0.15, 0.2) is 23.1 Å². The zero-order chi connectivity index (χ0) is 23.6. The third-order valence-electron chi connectivity index (χ3n) is 4.32. The summed E-state index contributed by atoms with van der Waals surface area (Å²) in [6.07, 6.45) is -6.27. The standard InChI is InChI=1S/C19H14ClF6N3O2S/c20-16-11(2-1-10-5-28(6-10)9-19(24,25)26)3-14(32-16)17(30)27-12-4-13(21)18(31)29(7-12)8-15(22)23/h3-4,7,10,15H,5-6,8-9H2,(H,27,30). The monoisotopic (exact) mass is 497 g/mol. The molecule has 3 rings (SSSR count). The number of hydrogen-bond donors (Lipinski definition) is 1. The molecule has 2 aromatic heterocycles. The minimum atomic E-state index is -4.27. The SMILES string of the molecule is O=C(Nc1cc(F)c(=O)n(CC(F)F)c1)c1cc(C#CC2CN(CC(F)(F)F)C2)c(Cl)s1. The summed E-state index contributed by atoms with van der Waals surface area (Å²) in [6, 6.07) is 2.06. The van der Waals surface area contributed by atoms with Gasteiger partial charge in [-0.15, -0.1) is 11.3 Å². The Balaban J connectivity index is 1.66. The molecular weight excluding hydrogens is 484 g/mol. The molecule has 0 aromatic carbocycles. The zero-order valence-corrected chi connectivity index (χ0v) is 17.6. The van der Waals surface area contributed by atoms with Crippen LogP contribution >= 0.6 is 22.9 Å². The molecule has 13 heteroatoms. The first-order chi connectivity index (χ1) is 14.9. The molecule has 0 atom stereocenters. The molecule has 0 saturated carbocycles. The number of rotatable bonds is 5. The van der Waals surface area contributed by atoms with Gasteiger partial charge in [-0.05, 0) is 6.07 Å². The van der Waals surface area contributed by atoms with Crippen LogP contribution in [0, 0.1) is 23.6 Å². The van der Waals surface area contributed by atoms with Crippen LogP contribution in [0.1, 0.15) is 15.2 Å². The summed E-state index contributed by atoms with van der Waals surface area (Å²) < 4.78 is 76.4. The highest BCUT2D eigenvalue weighted by Gasteiger charge is 2.36. The van der Waals surface area contributed by atoms with E-state index < -0.39 is 43.0 Å². The normalized spacial score (nSPS) is 14.8. The molecule has 5 nitrogen and oxygen atoms in total. The van der Waals surface area contributed by atoms with Crippen LogP contribution < -0.4 is 10.9 Å². The molecular formula is C19H14ClF6N3O2S. The second-order valence-corrected chi connectivity index (χ2v) is 8.61. The number of anilines is 1. The van der Waals surface area contributed by atoms with E-state index in [4.69, 9.17) is 11.6 Å². The molecule has 3 heterocycles. The molecule has 32 heavy (non-hydrogen) atoms. The maximum Gasteiger partial charge on any atom is 0.401 e. The summed E-state index contributed by atoms with van der Waals surface area (Å²) in [5.74, 6) is 3.25. The highest BCUT2D eigenvalue weighted by Crippen LogP contribution is 2.28. The summed E-state index contributed by atoms with van der Waals surface area (Å²) >= 11 is 6.93. The first kappa shape index (κ1) is 24.2. The number of nitrogens with zero attached hydrogens (tertiary/aromatic N) is 2. The van der Waals surface area contributed by atoms with E-state index in [0.717, 1.165) is 17.5 Å². The van der Waals surface area contributed by atoms with Crippen LogP contribution in [0.4, 0.5) is 32.0 Å². The predicted molar refractivity (Wildman–Crippen MR) is 107 cm³/mol. The number of pyridine rings is 1. The van der Waals surface area contributed by atoms with Crippen molar-refractivity contribution in [2.75, 3.05) is 25.0 Å². The highest BCUT2D eigenvalue weighted by molar-refractivity contribution is 7.18. The Morgan fingerprint density at radius 1 is 1.31 bits per heavy atom. The number of alkyl halides is 5. The van der Waals surface area contributed by atoms with Crippen LogP contribution in [-0.4, -0.2) is 47.6 Å². The van der Waals surface area contributed by atoms with E-state index in [1.807, 2.05) is 0 Å². The van der Waals surface area contributed by atoms with Gasteiger partial charge in [0.15, 0.2) is 5.82 Å². The highest BCUT2D eigenvalue weighted by atomic mass is 35.5. The van der Waals surface area contributed by atoms with Crippen LogP contribution in [0.25, 0.3) is 0 Å². The fourth-order valence-electron chi connectivity index (χ4n) is 2.93. The number of carbonyl (C=O) groups is 1. The minimum Gasteiger partial charge on any atom is -0.320 e. The Hall–Kier alpha value is -2.49. The molecule has 1 aliphatic heterocycles. The Kier molecular flexibility index (Phi) is 7.22. The van der Waals surface area contributed by atoms with Gasteiger partial charge in [0, 0.05) is 31.3 Å². The van der Waals surface area contributed by atoms with E-state index in [9.17, 15) is 35.9 Å². The Morgan fingerprint density at radius 2 is 2.00 bits per heavy atom. The lowest BCUT2D eigenvalue weighted by Gasteiger charge is -2.36. The lowest BCUT2D eigenvalue weighted by Crippen LogP contribution is -2.49. The van der Waals surface area contributed by atoms with Gasteiger partial charge in [-0.1, -0.05) is 23.4 Å². The first-order valence-electron chi connectivity index (χ1n) is 9.00. The molecule has 1 amide bonds. The van der Waals surface area contributed by atoms with E-state index in [2.05, 4.69) is 17.2 Å². The average Bonchev–Trinajstić information content (AvgIpc) is 3.00. The number of likely N-dealkylation sites (tertiary alicyclic amines) is 1. The molecule has 0 unspecified atom stereocenters. The van der Waals surface area contributed by atoms with Gasteiger partial charge in [0.2, 0.25) is 0 Å². The van der Waals surface area contributed by atoms with Crippen molar-refractivity contribution < 1.29 is 31.1 Å². The van der Waals surface area contributed by atoms with E-state index in [1.165, 1.54) is 11.0 Å². The molecule has 0 spiro atoms. The van der Waals surface area contributed by atoms with Crippen LogP contribution in [0.3, 0.4) is 0 Å². The number of thiophene rings is 1. The smallest absolute Gasteiger partial charge is 0.320 e. The molecule has 0 bridgehead atoms. The van der Waals surface area contributed by atoms with Crippen molar-refractivity contribution in [3.8, 4) is 11.8 Å². The maximum absolute atomic E-state index is 13.7. The summed E-state index contributed by atoms with van der Waals surface area (Å²) in [4.78, 5) is 25.3. The van der Waals surface area contributed by atoms with E-state index in [1.54, 1.807) is 0 Å². The van der Waals surface area contributed by atoms with Gasteiger partial charge in [-0.25, -0.2) is 13.2 Å². The van der Waals surface area contributed by atoms with Gasteiger partial charge in [-0.3, -0.25) is 14.5 Å². The van der Waals surface area contributed by atoms with Gasteiger partial charge < -0.3 is 9.88 Å². The van der Waals surface area contributed by atoms with E-state index in [0.29, 0.717) is 16.2 Å². The second-order valence-electron chi connectivity index (χ2n) is 6.95. The quantitative estimate of drug-likeness (QED) is 0.501. The lowest BCUT2D eigenvalue weighted by atomic mass is 10.0. The zero-order valence-electron chi connectivity index (χ0n) is 16.0. The van der Waals surface area contributed by atoms with Gasteiger partial charge in [0.25, 0.3) is 17.9 Å². The molecule has 1 fully saturated rings. The number of aromatic nitrogens is 1. The lowest BCUT2D eigenvalue weighted by molar-refractivity contribution is -0.156. The molecule has 172 valence electrons. The van der Waals surface area contributed by atoms with E-state index >= 15 is 0 Å². The topological polar surface area (TPSA) is 54.3 Å². The molecule has 1 aliphatic rings. The third kappa shape index (κ3) is 6.27.